The second-order valence-corrected chi connectivity index (χ2v) is 4.91. The number of morpholine rings is 1. The van der Waals surface area contributed by atoms with Gasteiger partial charge in [-0.1, -0.05) is 0 Å². The monoisotopic (exact) mass is 254 g/mol. The van der Waals surface area contributed by atoms with Crippen molar-refractivity contribution in [3.63, 3.8) is 0 Å². The number of rotatable bonds is 4. The number of nitrogens with zero attached hydrogens (tertiary/aromatic N) is 3. The Bertz CT molecular complexity index is 363. The smallest absolute Gasteiger partial charge is 0.130 e. The molecule has 2 rings (SSSR count). The molecule has 17 heavy (non-hydrogen) atoms. The van der Waals surface area contributed by atoms with Crippen molar-refractivity contribution in [2.24, 2.45) is 0 Å². The molecule has 0 amide bonds. The topological polar surface area (TPSA) is 50.3 Å². The number of hydrogen-bond acceptors (Lipinski definition) is 6. The largest absolute Gasteiger partial charge is 0.374 e. The van der Waals surface area contributed by atoms with Crippen LogP contribution in [0.1, 0.15) is 0 Å². The Morgan fingerprint density at radius 3 is 3.24 bits per heavy atom. The normalized spacial score (nSPS) is 21.4. The Morgan fingerprint density at radius 1 is 1.59 bits per heavy atom. The highest BCUT2D eigenvalue weighted by Gasteiger charge is 2.17. The fourth-order valence-corrected chi connectivity index (χ4v) is 2.14. The molecule has 94 valence electrons. The Kier molecular flexibility index (Phi) is 4.58. The fraction of sp³-hybridized carbons (Fsp3) is 0.636. The highest BCUT2D eigenvalue weighted by Crippen LogP contribution is 2.14. The first-order valence-corrected chi connectivity index (χ1v) is 6.90. The van der Waals surface area contributed by atoms with Gasteiger partial charge in [0.05, 0.1) is 12.7 Å². The molecule has 1 N–H and O–H groups in total. The van der Waals surface area contributed by atoms with Gasteiger partial charge in [0.1, 0.15) is 17.2 Å². The number of aromatic nitrogens is 2. The van der Waals surface area contributed by atoms with Crippen LogP contribution in [0.4, 0.5) is 5.82 Å². The van der Waals surface area contributed by atoms with E-state index in [-0.39, 0.29) is 6.10 Å². The van der Waals surface area contributed by atoms with Gasteiger partial charge in [-0.3, -0.25) is 0 Å². The van der Waals surface area contributed by atoms with E-state index in [0.29, 0.717) is 0 Å². The Labute approximate surface area is 106 Å². The molecule has 1 atom stereocenters. The molecule has 1 aliphatic heterocycles. The lowest BCUT2D eigenvalue weighted by Gasteiger charge is -2.30. The maximum atomic E-state index is 5.67. The summed E-state index contributed by atoms with van der Waals surface area (Å²) in [5, 5.41) is 4.27. The number of nitrogens with one attached hydrogen (secondary N) is 1. The van der Waals surface area contributed by atoms with E-state index >= 15 is 0 Å². The van der Waals surface area contributed by atoms with Gasteiger partial charge in [0.25, 0.3) is 0 Å². The maximum Gasteiger partial charge on any atom is 0.130 e. The molecule has 1 aliphatic rings. The van der Waals surface area contributed by atoms with Gasteiger partial charge in [0.2, 0.25) is 0 Å². The zero-order valence-corrected chi connectivity index (χ0v) is 11.0. The minimum absolute atomic E-state index is 0.237. The van der Waals surface area contributed by atoms with Crippen molar-refractivity contribution in [3.05, 3.63) is 12.4 Å². The molecular weight excluding hydrogens is 236 g/mol. The molecule has 2 heterocycles. The zero-order valence-electron chi connectivity index (χ0n) is 10.2. The lowest BCUT2D eigenvalue weighted by molar-refractivity contribution is -0.0117. The van der Waals surface area contributed by atoms with E-state index in [1.54, 1.807) is 18.1 Å². The average Bonchev–Trinajstić information content (AvgIpc) is 2.37. The van der Waals surface area contributed by atoms with Gasteiger partial charge >= 0.3 is 0 Å². The van der Waals surface area contributed by atoms with Gasteiger partial charge in [-0.05, 0) is 13.3 Å². The van der Waals surface area contributed by atoms with Crippen LogP contribution in [0, 0.1) is 0 Å². The number of anilines is 1. The molecular formula is C11H18N4OS. The minimum Gasteiger partial charge on any atom is -0.374 e. The van der Waals surface area contributed by atoms with Crippen molar-refractivity contribution in [2.45, 2.75) is 11.1 Å². The number of ether oxygens (including phenoxy) is 1. The molecule has 6 heteroatoms. The van der Waals surface area contributed by atoms with Crippen LogP contribution < -0.4 is 5.32 Å². The number of hydrogen-bond donors (Lipinski definition) is 1. The maximum absolute atomic E-state index is 5.67. The highest BCUT2D eigenvalue weighted by atomic mass is 32.2. The lowest BCUT2D eigenvalue weighted by Crippen LogP contribution is -2.43. The standard InChI is InChI=1S/C11H18N4OS/c1-15-3-4-16-9(7-15)6-12-10-5-11(17-2)14-8-13-10/h5,8-9H,3-4,6-7H2,1-2H3,(H,12,13,14). The summed E-state index contributed by atoms with van der Waals surface area (Å²) in [5.41, 5.74) is 0. The van der Waals surface area contributed by atoms with Crippen molar-refractivity contribution in [1.29, 1.82) is 0 Å². The third-order valence-electron chi connectivity index (χ3n) is 2.70. The molecule has 1 aromatic rings. The third-order valence-corrected chi connectivity index (χ3v) is 3.35. The summed E-state index contributed by atoms with van der Waals surface area (Å²) >= 11 is 1.61. The summed E-state index contributed by atoms with van der Waals surface area (Å²) in [5.74, 6) is 0.862. The van der Waals surface area contributed by atoms with E-state index in [2.05, 4.69) is 27.2 Å². The van der Waals surface area contributed by atoms with Crippen LogP contribution in [0.2, 0.25) is 0 Å². The predicted octanol–water partition coefficient (Wildman–Crippen LogP) is 0.941. The van der Waals surface area contributed by atoms with E-state index in [4.69, 9.17) is 4.74 Å². The molecule has 0 saturated carbocycles. The molecule has 1 saturated heterocycles. The van der Waals surface area contributed by atoms with Crippen molar-refractivity contribution in [1.82, 2.24) is 14.9 Å². The van der Waals surface area contributed by atoms with Crippen LogP contribution in [0.25, 0.3) is 0 Å². The zero-order chi connectivity index (χ0) is 12.1. The summed E-state index contributed by atoms with van der Waals surface area (Å²) < 4.78 is 5.67. The molecule has 0 aromatic carbocycles. The lowest BCUT2D eigenvalue weighted by atomic mass is 10.3. The molecule has 0 aliphatic carbocycles. The van der Waals surface area contributed by atoms with Crippen molar-refractivity contribution in [3.8, 4) is 0 Å². The quantitative estimate of drug-likeness (QED) is 0.637. The van der Waals surface area contributed by atoms with Gasteiger partial charge in [-0.15, -0.1) is 11.8 Å². The molecule has 1 fully saturated rings. The van der Waals surface area contributed by atoms with Crippen LogP contribution in [0.3, 0.4) is 0 Å². The van der Waals surface area contributed by atoms with Gasteiger partial charge < -0.3 is 15.0 Å². The van der Waals surface area contributed by atoms with Crippen molar-refractivity contribution < 1.29 is 4.74 Å². The van der Waals surface area contributed by atoms with E-state index in [9.17, 15) is 0 Å². The van der Waals surface area contributed by atoms with Crippen LogP contribution in [0.5, 0.6) is 0 Å². The van der Waals surface area contributed by atoms with E-state index in [0.717, 1.165) is 37.1 Å². The highest BCUT2D eigenvalue weighted by molar-refractivity contribution is 7.98. The summed E-state index contributed by atoms with van der Waals surface area (Å²) in [7, 11) is 2.12. The molecule has 0 bridgehead atoms. The van der Waals surface area contributed by atoms with Gasteiger partial charge in [0.15, 0.2) is 0 Å². The Hall–Kier alpha value is -0.850. The first-order valence-electron chi connectivity index (χ1n) is 5.68. The molecule has 1 unspecified atom stereocenters. The van der Waals surface area contributed by atoms with Crippen LogP contribution in [-0.4, -0.2) is 60.5 Å². The van der Waals surface area contributed by atoms with Crippen molar-refractivity contribution >= 4 is 17.6 Å². The molecule has 0 radical (unpaired) electrons. The second kappa shape index (κ2) is 6.18. The average molecular weight is 254 g/mol. The first-order chi connectivity index (χ1) is 8.28. The predicted molar refractivity (Wildman–Crippen MR) is 69.5 cm³/mol. The summed E-state index contributed by atoms with van der Waals surface area (Å²) in [4.78, 5) is 10.6. The van der Waals surface area contributed by atoms with Crippen LogP contribution in [0.15, 0.2) is 17.4 Å². The fourth-order valence-electron chi connectivity index (χ4n) is 1.76. The van der Waals surface area contributed by atoms with Gasteiger partial charge in [0, 0.05) is 25.7 Å². The van der Waals surface area contributed by atoms with Gasteiger partial charge in [-0.25, -0.2) is 9.97 Å². The SMILES string of the molecule is CSc1cc(NCC2CN(C)CCO2)ncn1. The number of thioether (sulfide) groups is 1. The summed E-state index contributed by atoms with van der Waals surface area (Å²) in [6.45, 7) is 3.58. The molecule has 5 nitrogen and oxygen atoms in total. The molecule has 0 spiro atoms. The first kappa shape index (κ1) is 12.6. The van der Waals surface area contributed by atoms with E-state index in [1.807, 2.05) is 12.3 Å². The molecule has 1 aromatic heterocycles. The van der Waals surface area contributed by atoms with E-state index < -0.39 is 0 Å². The minimum atomic E-state index is 0.237. The van der Waals surface area contributed by atoms with Crippen LogP contribution >= 0.6 is 11.8 Å². The summed E-state index contributed by atoms with van der Waals surface area (Å²) in [6.07, 6.45) is 3.83. The van der Waals surface area contributed by atoms with E-state index in [1.165, 1.54) is 0 Å². The summed E-state index contributed by atoms with van der Waals surface area (Å²) in [6, 6.07) is 1.96. The third kappa shape index (κ3) is 3.83. The van der Waals surface area contributed by atoms with Crippen LogP contribution in [-0.2, 0) is 4.74 Å². The Morgan fingerprint density at radius 2 is 2.47 bits per heavy atom. The number of likely N-dealkylation sites (N-methyl/N-ethyl adjacent to an activating group) is 1. The van der Waals surface area contributed by atoms with Gasteiger partial charge in [-0.2, -0.15) is 0 Å². The van der Waals surface area contributed by atoms with Crippen molar-refractivity contribution in [2.75, 3.05) is 44.9 Å². The second-order valence-electron chi connectivity index (χ2n) is 4.08. The Balaban J connectivity index is 1.84.